The molecule has 1 aliphatic heterocycles. The summed E-state index contributed by atoms with van der Waals surface area (Å²) in [7, 11) is 0. The Morgan fingerprint density at radius 1 is 1.46 bits per heavy atom. The highest BCUT2D eigenvalue weighted by Crippen LogP contribution is 2.31. The summed E-state index contributed by atoms with van der Waals surface area (Å²) in [5.74, 6) is -1.94. The fourth-order valence-electron chi connectivity index (χ4n) is 2.07. The third-order valence-corrected chi connectivity index (χ3v) is 4.31. The number of ether oxygens (including phenoxy) is 1. The van der Waals surface area contributed by atoms with Gasteiger partial charge in [-0.3, -0.25) is 4.79 Å². The van der Waals surface area contributed by atoms with Crippen LogP contribution in [0.4, 0.5) is 13.2 Å². The Labute approximate surface area is 138 Å². The van der Waals surface area contributed by atoms with Crippen LogP contribution >= 0.6 is 11.3 Å². The number of halogens is 3. The molecule has 2 aromatic heterocycles. The van der Waals surface area contributed by atoms with Gasteiger partial charge in [0.15, 0.2) is 0 Å². The standard InChI is InChI=1S/C13H13F3N4O3S/c14-13(15,16)12-19-10(20-23-12)8-1-2-9(24-8)11(21)18-5-7-6-22-4-3-17-7/h1-2,7,17H,3-6H2,(H,18,21). The Balaban J connectivity index is 1.62. The number of hydrogen-bond donors (Lipinski definition) is 2. The van der Waals surface area contributed by atoms with Crippen LogP contribution in [0.3, 0.4) is 0 Å². The van der Waals surface area contributed by atoms with Crippen LogP contribution in [0.2, 0.25) is 0 Å². The van der Waals surface area contributed by atoms with Gasteiger partial charge in [0, 0.05) is 19.1 Å². The van der Waals surface area contributed by atoms with E-state index in [0.717, 1.165) is 17.9 Å². The van der Waals surface area contributed by atoms with Crippen LogP contribution in [0, 0.1) is 0 Å². The molecule has 1 fully saturated rings. The van der Waals surface area contributed by atoms with Gasteiger partial charge < -0.3 is 19.9 Å². The zero-order valence-electron chi connectivity index (χ0n) is 12.2. The smallest absolute Gasteiger partial charge is 0.378 e. The molecule has 11 heteroatoms. The summed E-state index contributed by atoms with van der Waals surface area (Å²) >= 11 is 0.989. The SMILES string of the molecule is O=C(NCC1COCCN1)c1ccc(-c2noc(C(F)(F)F)n2)s1. The van der Waals surface area contributed by atoms with E-state index in [1.165, 1.54) is 12.1 Å². The number of amides is 1. The lowest BCUT2D eigenvalue weighted by atomic mass is 10.2. The molecule has 0 aliphatic carbocycles. The number of nitrogens with one attached hydrogen (secondary N) is 2. The van der Waals surface area contributed by atoms with Gasteiger partial charge in [-0.1, -0.05) is 5.16 Å². The highest BCUT2D eigenvalue weighted by Gasteiger charge is 2.38. The van der Waals surface area contributed by atoms with E-state index in [2.05, 4.69) is 25.3 Å². The van der Waals surface area contributed by atoms with Crippen molar-refractivity contribution in [2.24, 2.45) is 0 Å². The molecule has 0 bridgehead atoms. The molecule has 1 saturated heterocycles. The number of carbonyl (C=O) groups is 1. The lowest BCUT2D eigenvalue weighted by molar-refractivity contribution is -0.159. The molecule has 0 saturated carbocycles. The van der Waals surface area contributed by atoms with Crippen LogP contribution in [0.15, 0.2) is 16.7 Å². The van der Waals surface area contributed by atoms with Crippen molar-refractivity contribution in [3.63, 3.8) is 0 Å². The van der Waals surface area contributed by atoms with Crippen LogP contribution in [-0.4, -0.2) is 48.4 Å². The fraction of sp³-hybridized carbons (Fsp3) is 0.462. The molecule has 130 valence electrons. The first-order chi connectivity index (χ1) is 11.4. The average Bonchev–Trinajstić information content (AvgIpc) is 3.21. The van der Waals surface area contributed by atoms with E-state index < -0.39 is 12.1 Å². The van der Waals surface area contributed by atoms with E-state index in [1.54, 1.807) is 0 Å². The van der Waals surface area contributed by atoms with E-state index in [4.69, 9.17) is 4.74 Å². The van der Waals surface area contributed by atoms with Crippen LogP contribution in [-0.2, 0) is 10.9 Å². The van der Waals surface area contributed by atoms with Crippen LogP contribution in [0.1, 0.15) is 15.6 Å². The molecule has 0 aromatic carbocycles. The van der Waals surface area contributed by atoms with Crippen molar-refractivity contribution < 1.29 is 27.2 Å². The maximum atomic E-state index is 12.5. The monoisotopic (exact) mass is 362 g/mol. The Morgan fingerprint density at radius 2 is 2.29 bits per heavy atom. The third kappa shape index (κ3) is 3.91. The number of hydrogen-bond acceptors (Lipinski definition) is 7. The number of morpholine rings is 1. The molecule has 1 amide bonds. The van der Waals surface area contributed by atoms with Crippen molar-refractivity contribution in [3.05, 3.63) is 22.9 Å². The maximum Gasteiger partial charge on any atom is 0.471 e. The molecule has 1 aliphatic rings. The van der Waals surface area contributed by atoms with Crippen molar-refractivity contribution in [3.8, 4) is 10.7 Å². The molecule has 3 heterocycles. The van der Waals surface area contributed by atoms with E-state index in [0.29, 0.717) is 29.5 Å². The number of rotatable bonds is 4. The molecule has 1 atom stereocenters. The second kappa shape index (κ2) is 6.87. The highest BCUT2D eigenvalue weighted by atomic mass is 32.1. The van der Waals surface area contributed by atoms with Gasteiger partial charge in [0.2, 0.25) is 5.82 Å². The second-order valence-electron chi connectivity index (χ2n) is 5.02. The number of thiophene rings is 1. The first kappa shape index (κ1) is 16.9. The summed E-state index contributed by atoms with van der Waals surface area (Å²) < 4.78 is 46.8. The molecular formula is C13H13F3N4O3S. The Hall–Kier alpha value is -1.98. The lowest BCUT2D eigenvalue weighted by Gasteiger charge is -2.23. The average molecular weight is 362 g/mol. The van der Waals surface area contributed by atoms with Gasteiger partial charge in [0.25, 0.3) is 5.91 Å². The highest BCUT2D eigenvalue weighted by molar-refractivity contribution is 7.17. The van der Waals surface area contributed by atoms with Crippen molar-refractivity contribution in [2.45, 2.75) is 12.2 Å². The molecule has 2 aromatic rings. The largest absolute Gasteiger partial charge is 0.471 e. The maximum absolute atomic E-state index is 12.5. The summed E-state index contributed by atoms with van der Waals surface area (Å²) in [6.45, 7) is 2.28. The van der Waals surface area contributed by atoms with Gasteiger partial charge in [0.1, 0.15) is 0 Å². The molecule has 0 radical (unpaired) electrons. The molecule has 2 N–H and O–H groups in total. The summed E-state index contributed by atoms with van der Waals surface area (Å²) in [4.78, 5) is 16.0. The quantitative estimate of drug-likeness (QED) is 0.858. The molecule has 7 nitrogen and oxygen atoms in total. The van der Waals surface area contributed by atoms with Gasteiger partial charge in [-0.25, -0.2) is 0 Å². The Kier molecular flexibility index (Phi) is 4.83. The van der Waals surface area contributed by atoms with Gasteiger partial charge in [-0.05, 0) is 12.1 Å². The number of nitrogens with zero attached hydrogens (tertiary/aromatic N) is 2. The lowest BCUT2D eigenvalue weighted by Crippen LogP contribution is -2.48. The molecule has 0 spiro atoms. The molecular weight excluding hydrogens is 349 g/mol. The van der Waals surface area contributed by atoms with Crippen molar-refractivity contribution >= 4 is 17.2 Å². The minimum atomic E-state index is -4.70. The first-order valence-electron chi connectivity index (χ1n) is 7.04. The van der Waals surface area contributed by atoms with Gasteiger partial charge in [-0.15, -0.1) is 11.3 Å². The van der Waals surface area contributed by atoms with Crippen LogP contribution < -0.4 is 10.6 Å². The van der Waals surface area contributed by atoms with E-state index >= 15 is 0 Å². The minimum Gasteiger partial charge on any atom is -0.378 e. The summed E-state index contributed by atoms with van der Waals surface area (Å²) in [5, 5.41) is 9.24. The van der Waals surface area contributed by atoms with E-state index in [1.807, 2.05) is 0 Å². The Morgan fingerprint density at radius 3 is 2.96 bits per heavy atom. The van der Waals surface area contributed by atoms with Gasteiger partial charge in [0.05, 0.1) is 23.0 Å². The molecule has 3 rings (SSSR count). The number of aromatic nitrogens is 2. The van der Waals surface area contributed by atoms with Crippen LogP contribution in [0.5, 0.6) is 0 Å². The predicted molar refractivity (Wildman–Crippen MR) is 77.6 cm³/mol. The first-order valence-corrected chi connectivity index (χ1v) is 7.85. The normalized spacial score (nSPS) is 18.5. The topological polar surface area (TPSA) is 89.3 Å². The van der Waals surface area contributed by atoms with Crippen LogP contribution in [0.25, 0.3) is 10.7 Å². The summed E-state index contributed by atoms with van der Waals surface area (Å²) in [6.07, 6.45) is -4.70. The Bertz CT molecular complexity index is 709. The van der Waals surface area contributed by atoms with Crippen molar-refractivity contribution in [2.75, 3.05) is 26.3 Å². The number of carbonyl (C=O) groups excluding carboxylic acids is 1. The fourth-order valence-corrected chi connectivity index (χ4v) is 2.92. The second-order valence-corrected chi connectivity index (χ2v) is 6.10. The van der Waals surface area contributed by atoms with Gasteiger partial charge >= 0.3 is 12.1 Å². The third-order valence-electron chi connectivity index (χ3n) is 3.23. The summed E-state index contributed by atoms with van der Waals surface area (Å²) in [6, 6.07) is 3.02. The zero-order valence-corrected chi connectivity index (χ0v) is 13.0. The molecule has 1 unspecified atom stereocenters. The molecule has 24 heavy (non-hydrogen) atoms. The number of alkyl halides is 3. The minimum absolute atomic E-state index is 0.0358. The van der Waals surface area contributed by atoms with Crippen molar-refractivity contribution in [1.82, 2.24) is 20.8 Å². The van der Waals surface area contributed by atoms with E-state index in [-0.39, 0.29) is 17.8 Å². The summed E-state index contributed by atoms with van der Waals surface area (Å²) in [5.41, 5.74) is 0. The van der Waals surface area contributed by atoms with Gasteiger partial charge in [-0.2, -0.15) is 18.2 Å². The predicted octanol–water partition coefficient (Wildman–Crippen LogP) is 1.54. The van der Waals surface area contributed by atoms with E-state index in [9.17, 15) is 18.0 Å². The van der Waals surface area contributed by atoms with Crippen molar-refractivity contribution in [1.29, 1.82) is 0 Å². The zero-order chi connectivity index (χ0) is 17.2.